The highest BCUT2D eigenvalue weighted by Crippen LogP contribution is 2.42. The van der Waals surface area contributed by atoms with Crippen LogP contribution in [0.1, 0.15) is 112 Å². The quantitative estimate of drug-likeness (QED) is 0.0434. The molecule has 25 nitrogen and oxygen atoms in total. The highest BCUT2D eigenvalue weighted by atomic mass is 32.2. The van der Waals surface area contributed by atoms with E-state index in [2.05, 4.69) is 20.8 Å². The number of aromatic carboxylic acids is 1. The molecule has 0 unspecified atom stereocenters. The first-order valence-electron chi connectivity index (χ1n) is 27.5. The standard InChI is InChI=1S/C54H86FN7O18S/c1-15-38-54(11,70)44(65)30(5)40(60-74-21-17-56)28(3)25-52(9,69)45(79-51-42(64)37(61(12)13)23-29(4)75-51)31(6)43(32(7)50(68)77-38)78-39-26-53(10,73-14)46(33(8)76-39)80-81(71,72)22-20-57-18-19-58-47-36(55)24-34-41(63)35(49(66)67)27-62(16-2)48(34)59-47/h24,27-33,37-39,42-46,51,57,64-65,69-70H,15-16,18-23,25-26H2,1-14H3,(H,58,59)(H,66,67)/t28-,29-,30+,31+,32-,33+,37+,38-,39+,42-,43+,44-,45-,46+,51+,52-,53-,54-/m1/s1. The minimum absolute atomic E-state index is 0.0509. The summed E-state index contributed by atoms with van der Waals surface area (Å²) in [7, 11) is 0.674. The number of pyridine rings is 2. The zero-order valence-corrected chi connectivity index (χ0v) is 49.8. The molecule has 18 atom stereocenters. The summed E-state index contributed by atoms with van der Waals surface area (Å²) in [6.45, 7) is 17.7. The number of ether oxygens (including phenoxy) is 6. The van der Waals surface area contributed by atoms with E-state index in [1.807, 2.05) is 32.0 Å². The molecule has 5 rings (SSSR count). The number of carbonyl (C=O) groups excluding carboxylic acids is 1. The van der Waals surface area contributed by atoms with Crippen molar-refractivity contribution in [2.45, 2.75) is 193 Å². The molecule has 0 radical (unpaired) electrons. The smallest absolute Gasteiger partial charge is 0.341 e. The van der Waals surface area contributed by atoms with Crippen LogP contribution in [0.4, 0.5) is 10.2 Å². The molecule has 0 saturated carbocycles. The number of hydrogen-bond donors (Lipinski definition) is 7. The molecule has 2 aromatic rings. The maximum absolute atomic E-state index is 15.1. The summed E-state index contributed by atoms with van der Waals surface area (Å²) in [5, 5.41) is 77.2. The van der Waals surface area contributed by atoms with Crippen molar-refractivity contribution in [3.8, 4) is 6.07 Å². The molecule has 458 valence electrons. The Hall–Kier alpha value is -4.54. The van der Waals surface area contributed by atoms with Crippen LogP contribution in [0, 0.1) is 40.8 Å². The number of aliphatic hydroxyl groups is 4. The van der Waals surface area contributed by atoms with E-state index in [0.717, 1.165) is 12.3 Å². The molecule has 7 N–H and O–H groups in total. The Morgan fingerprint density at radius 1 is 1.01 bits per heavy atom. The number of likely N-dealkylation sites (N-methyl/N-ethyl adjacent to an activating group) is 1. The van der Waals surface area contributed by atoms with E-state index in [9.17, 15) is 53.6 Å². The molecule has 5 heterocycles. The Morgan fingerprint density at radius 3 is 2.30 bits per heavy atom. The SMILES string of the molecule is CC[C@H]1OC(=O)[C@H](C)[C@@H](O[C@H]2C[C@@](C)(OC)[C@@H](OS(=O)(=O)CCNCCNc3nc4c(cc3F)c(=O)c(C(=O)O)cn4CC)[C@H](C)O2)[C@H](C)[C@@H](O[C@@H]2O[C@H](C)C[C@H](N(C)C)[C@H]2O)[C@](C)(O)C[C@@H](C)C(=NOCC#N)[C@H](C)[C@@H](O)[C@]1(C)O. The fourth-order valence-corrected chi connectivity index (χ4v) is 12.7. The van der Waals surface area contributed by atoms with Gasteiger partial charge in [0, 0.05) is 69.7 Å². The zero-order chi connectivity index (χ0) is 60.7. The summed E-state index contributed by atoms with van der Waals surface area (Å²) in [5.74, 6) is -7.88. The van der Waals surface area contributed by atoms with Gasteiger partial charge in [-0.2, -0.15) is 13.7 Å². The molecule has 3 aliphatic rings. The second-order valence-electron chi connectivity index (χ2n) is 22.7. The molecule has 3 saturated heterocycles. The molecule has 0 aliphatic carbocycles. The monoisotopic (exact) mass is 1170 g/mol. The third kappa shape index (κ3) is 15.8. The van der Waals surface area contributed by atoms with Gasteiger partial charge in [-0.25, -0.2) is 14.2 Å². The van der Waals surface area contributed by atoms with Gasteiger partial charge in [-0.15, -0.1) is 0 Å². The third-order valence-corrected chi connectivity index (χ3v) is 17.3. The zero-order valence-electron chi connectivity index (χ0n) is 49.0. The number of nitrogens with zero attached hydrogens (tertiary/aromatic N) is 5. The number of aromatic nitrogens is 2. The van der Waals surface area contributed by atoms with Gasteiger partial charge >= 0.3 is 11.9 Å². The maximum Gasteiger partial charge on any atom is 0.341 e. The van der Waals surface area contributed by atoms with Crippen molar-refractivity contribution in [3.63, 3.8) is 0 Å². The Balaban J connectivity index is 1.40. The van der Waals surface area contributed by atoms with E-state index in [1.165, 1.54) is 32.4 Å². The highest BCUT2D eigenvalue weighted by Gasteiger charge is 2.54. The lowest BCUT2D eigenvalue weighted by Gasteiger charge is -2.49. The molecule has 27 heteroatoms. The van der Waals surface area contributed by atoms with E-state index < -0.39 is 159 Å². The second-order valence-corrected chi connectivity index (χ2v) is 24.4. The number of carbonyl (C=O) groups is 2. The van der Waals surface area contributed by atoms with Crippen molar-refractivity contribution in [1.29, 1.82) is 5.26 Å². The average Bonchev–Trinajstić information content (AvgIpc) is 3.54. The van der Waals surface area contributed by atoms with Crippen molar-refractivity contribution in [3.05, 3.63) is 33.9 Å². The van der Waals surface area contributed by atoms with Crippen LogP contribution in [0.15, 0.2) is 22.2 Å². The summed E-state index contributed by atoms with van der Waals surface area (Å²) < 4.78 is 88.0. The lowest BCUT2D eigenvalue weighted by molar-refractivity contribution is -0.316. The lowest BCUT2D eigenvalue weighted by atomic mass is 9.73. The van der Waals surface area contributed by atoms with E-state index in [0.29, 0.717) is 6.42 Å². The largest absolute Gasteiger partial charge is 0.477 e. The number of rotatable bonds is 20. The first kappa shape index (κ1) is 67.3. The molecule has 0 amide bonds. The molecule has 2 aromatic heterocycles. The number of aliphatic hydroxyl groups excluding tert-OH is 2. The van der Waals surface area contributed by atoms with Crippen molar-refractivity contribution >= 4 is 44.6 Å². The Kier molecular flexibility index (Phi) is 23.2. The van der Waals surface area contributed by atoms with Crippen LogP contribution >= 0.6 is 0 Å². The first-order chi connectivity index (χ1) is 37.8. The summed E-state index contributed by atoms with van der Waals surface area (Å²) in [4.78, 5) is 50.4. The Bertz CT molecular complexity index is 2730. The predicted molar refractivity (Wildman–Crippen MR) is 293 cm³/mol. The number of methoxy groups -OCH3 is 1. The Morgan fingerprint density at radius 2 is 1.69 bits per heavy atom. The van der Waals surface area contributed by atoms with Gasteiger partial charge in [0.2, 0.25) is 12.0 Å². The number of carboxylic acid groups (broad SMARTS) is 1. The van der Waals surface area contributed by atoms with Crippen LogP contribution < -0.4 is 16.1 Å². The summed E-state index contributed by atoms with van der Waals surface area (Å²) >= 11 is 0. The van der Waals surface area contributed by atoms with Crippen LogP contribution in [-0.4, -0.2) is 204 Å². The second kappa shape index (κ2) is 27.9. The summed E-state index contributed by atoms with van der Waals surface area (Å²) in [5.41, 5.74) is -6.55. The number of nitrogens with one attached hydrogen (secondary N) is 2. The molecule has 3 fully saturated rings. The van der Waals surface area contributed by atoms with Crippen LogP contribution in [0.5, 0.6) is 0 Å². The third-order valence-electron chi connectivity index (χ3n) is 16.1. The lowest BCUT2D eigenvalue weighted by Crippen LogP contribution is -2.61. The first-order valence-corrected chi connectivity index (χ1v) is 29.1. The number of esters is 1. The van der Waals surface area contributed by atoms with E-state index in [4.69, 9.17) is 37.4 Å². The van der Waals surface area contributed by atoms with Crippen LogP contribution in [-0.2, 0) is 58.9 Å². The van der Waals surface area contributed by atoms with Crippen molar-refractivity contribution in [1.82, 2.24) is 19.8 Å². The predicted octanol–water partition coefficient (Wildman–Crippen LogP) is 2.74. The summed E-state index contributed by atoms with van der Waals surface area (Å²) in [6, 6.07) is 2.35. The number of nitriles is 1. The number of aryl methyl sites for hydroxylation is 1. The number of anilines is 1. The maximum atomic E-state index is 15.1. The fourth-order valence-electron chi connectivity index (χ4n) is 11.5. The van der Waals surface area contributed by atoms with E-state index in [-0.39, 0.29) is 68.0 Å². The normalized spacial score (nSPS) is 36.2. The number of hydrogen-bond acceptors (Lipinski definition) is 23. The minimum Gasteiger partial charge on any atom is -0.477 e. The molecular weight excluding hydrogens is 1090 g/mol. The molecule has 0 aromatic carbocycles. The molecule has 0 bridgehead atoms. The van der Waals surface area contributed by atoms with Gasteiger partial charge < -0.3 is 78.9 Å². The molecular formula is C54H86FN7O18S. The van der Waals surface area contributed by atoms with Gasteiger partial charge in [0.25, 0.3) is 10.1 Å². The van der Waals surface area contributed by atoms with Crippen LogP contribution in [0.3, 0.4) is 0 Å². The minimum atomic E-state index is -4.32. The molecule has 81 heavy (non-hydrogen) atoms. The van der Waals surface area contributed by atoms with E-state index in [1.54, 1.807) is 48.5 Å². The van der Waals surface area contributed by atoms with Crippen LogP contribution in [0.25, 0.3) is 11.0 Å². The number of oxime groups is 1. The van der Waals surface area contributed by atoms with Crippen molar-refractivity contribution in [2.24, 2.45) is 28.8 Å². The fraction of sp³-hybridized carbons (Fsp3) is 0.778. The van der Waals surface area contributed by atoms with Crippen molar-refractivity contribution in [2.75, 3.05) is 58.5 Å². The van der Waals surface area contributed by atoms with Gasteiger partial charge in [-0.1, -0.05) is 32.9 Å². The number of carboxylic acids is 1. The number of cyclic esters (lactones) is 1. The summed E-state index contributed by atoms with van der Waals surface area (Å²) in [6.07, 6.45) is -10.7. The van der Waals surface area contributed by atoms with Gasteiger partial charge in [0.15, 0.2) is 24.2 Å². The van der Waals surface area contributed by atoms with E-state index >= 15 is 4.39 Å². The molecule has 3 aliphatic heterocycles. The Labute approximate surface area is 473 Å². The van der Waals surface area contributed by atoms with Gasteiger partial charge in [0.05, 0.1) is 64.5 Å². The number of halogens is 1. The molecule has 0 spiro atoms. The highest BCUT2D eigenvalue weighted by molar-refractivity contribution is 7.86. The van der Waals surface area contributed by atoms with Crippen molar-refractivity contribution < 1.29 is 85.4 Å². The topological polar surface area (TPSA) is 342 Å². The average molecular weight is 1170 g/mol. The van der Waals surface area contributed by atoms with Gasteiger partial charge in [-0.3, -0.25) is 13.8 Å². The van der Waals surface area contributed by atoms with Crippen LogP contribution in [0.2, 0.25) is 0 Å². The number of fused-ring (bicyclic) bond motifs is 1. The van der Waals surface area contributed by atoms with Gasteiger partial charge in [-0.05, 0) is 87.9 Å². The van der Waals surface area contributed by atoms with Gasteiger partial charge in [0.1, 0.15) is 41.2 Å².